The first-order valence-corrected chi connectivity index (χ1v) is 7.53. The van der Waals surface area contributed by atoms with E-state index in [9.17, 15) is 10.2 Å². The van der Waals surface area contributed by atoms with E-state index in [2.05, 4.69) is 4.90 Å². The second-order valence-corrected chi connectivity index (χ2v) is 6.08. The lowest BCUT2D eigenvalue weighted by molar-refractivity contribution is 0.0542. The topological polar surface area (TPSA) is 52.9 Å². The molecule has 0 fully saturated rings. The molecule has 0 aromatic heterocycles. The van der Waals surface area contributed by atoms with Gasteiger partial charge in [-0.25, -0.2) is 0 Å². The van der Waals surface area contributed by atoms with Crippen molar-refractivity contribution in [1.82, 2.24) is 4.90 Å². The van der Waals surface area contributed by atoms with Crippen LogP contribution in [0.1, 0.15) is 28.8 Å². The van der Waals surface area contributed by atoms with Crippen LogP contribution in [-0.4, -0.2) is 35.8 Å². The monoisotopic (exact) mass is 297 g/mol. The molecule has 4 heteroatoms. The van der Waals surface area contributed by atoms with Crippen LogP contribution in [-0.2, 0) is 6.42 Å². The highest BCUT2D eigenvalue weighted by molar-refractivity contribution is 5.83. The van der Waals surface area contributed by atoms with Crippen LogP contribution < -0.4 is 4.74 Å². The molecule has 4 nitrogen and oxygen atoms in total. The molecule has 2 N–H and O–H groups in total. The number of aliphatic hydroxyl groups is 1. The molecule has 0 radical (unpaired) electrons. The first kappa shape index (κ1) is 13.6. The predicted molar refractivity (Wildman–Crippen MR) is 84.1 cm³/mol. The summed E-state index contributed by atoms with van der Waals surface area (Å²) in [7, 11) is 3.61. The van der Waals surface area contributed by atoms with Gasteiger partial charge in [-0.3, -0.25) is 4.90 Å². The molecule has 0 saturated carbocycles. The summed E-state index contributed by atoms with van der Waals surface area (Å²) in [6.45, 7) is 0.863. The van der Waals surface area contributed by atoms with Gasteiger partial charge in [0, 0.05) is 12.1 Å². The van der Waals surface area contributed by atoms with Crippen molar-refractivity contribution < 1.29 is 14.9 Å². The van der Waals surface area contributed by atoms with Crippen molar-refractivity contribution in [2.24, 2.45) is 0 Å². The number of nitrogens with zero attached hydrogens (tertiary/aromatic N) is 1. The molecule has 2 unspecified atom stereocenters. The molecule has 2 atom stereocenters. The molecule has 2 aliphatic rings. The fraction of sp³-hybridized carbons (Fsp3) is 0.333. The van der Waals surface area contributed by atoms with E-state index in [4.69, 9.17) is 4.74 Å². The van der Waals surface area contributed by atoms with E-state index in [1.807, 2.05) is 31.3 Å². The second-order valence-electron chi connectivity index (χ2n) is 6.08. The van der Waals surface area contributed by atoms with E-state index in [0.29, 0.717) is 5.75 Å². The van der Waals surface area contributed by atoms with Crippen molar-refractivity contribution in [3.05, 3.63) is 47.0 Å². The third-order valence-electron chi connectivity index (χ3n) is 4.94. The van der Waals surface area contributed by atoms with E-state index >= 15 is 0 Å². The minimum absolute atomic E-state index is 0.0943. The van der Waals surface area contributed by atoms with Crippen LogP contribution in [0.2, 0.25) is 0 Å². The molecule has 0 spiro atoms. The molecule has 0 bridgehead atoms. The average Bonchev–Trinajstić information content (AvgIpc) is 2.53. The van der Waals surface area contributed by atoms with Crippen LogP contribution in [0.5, 0.6) is 11.5 Å². The lowest BCUT2D eigenvalue weighted by Gasteiger charge is -2.43. The standard InChI is InChI=1S/C18H19NO3/c1-19-8-7-10-9-13(20)18(22-2)15-11-5-3-4-6-12(11)17(21)16(19)14(10)15/h3-6,9,16-17,20-21H,7-8H2,1-2H3. The molecule has 0 saturated heterocycles. The Hall–Kier alpha value is -2.04. The summed E-state index contributed by atoms with van der Waals surface area (Å²) < 4.78 is 5.49. The van der Waals surface area contributed by atoms with Crippen molar-refractivity contribution in [3.63, 3.8) is 0 Å². The quantitative estimate of drug-likeness (QED) is 0.849. The molecule has 4 rings (SSSR count). The van der Waals surface area contributed by atoms with Gasteiger partial charge in [-0.1, -0.05) is 24.3 Å². The third kappa shape index (κ3) is 1.65. The Kier molecular flexibility index (Phi) is 2.93. The number of aromatic hydroxyl groups is 1. The number of benzene rings is 2. The fourth-order valence-electron chi connectivity index (χ4n) is 3.95. The fourth-order valence-corrected chi connectivity index (χ4v) is 3.95. The molecule has 0 amide bonds. The number of phenolic OH excluding ortho intramolecular Hbond substituents is 1. The summed E-state index contributed by atoms with van der Waals surface area (Å²) in [6.07, 6.45) is 0.295. The smallest absolute Gasteiger partial charge is 0.168 e. The normalized spacial score (nSPS) is 22.9. The number of rotatable bonds is 1. The zero-order chi connectivity index (χ0) is 15.4. The van der Waals surface area contributed by atoms with Gasteiger partial charge in [0.2, 0.25) is 0 Å². The summed E-state index contributed by atoms with van der Waals surface area (Å²) in [5.41, 5.74) is 4.96. The highest BCUT2D eigenvalue weighted by Gasteiger charge is 2.40. The van der Waals surface area contributed by atoms with Crippen molar-refractivity contribution >= 4 is 0 Å². The zero-order valence-corrected chi connectivity index (χ0v) is 12.7. The first-order valence-electron chi connectivity index (χ1n) is 7.53. The molecule has 114 valence electrons. The lowest BCUT2D eigenvalue weighted by atomic mass is 9.75. The van der Waals surface area contributed by atoms with E-state index in [1.165, 1.54) is 0 Å². The van der Waals surface area contributed by atoms with Gasteiger partial charge < -0.3 is 14.9 Å². The molecule has 1 aliphatic heterocycles. The third-order valence-corrected chi connectivity index (χ3v) is 4.94. The molecular weight excluding hydrogens is 278 g/mol. The van der Waals surface area contributed by atoms with Crippen molar-refractivity contribution in [2.45, 2.75) is 18.6 Å². The van der Waals surface area contributed by atoms with Crippen LogP contribution in [0, 0.1) is 0 Å². The van der Waals surface area contributed by atoms with E-state index in [-0.39, 0.29) is 11.8 Å². The number of ether oxygens (including phenoxy) is 1. The molecular formula is C18H19NO3. The van der Waals surface area contributed by atoms with Gasteiger partial charge in [-0.2, -0.15) is 0 Å². The maximum absolute atomic E-state index is 10.9. The van der Waals surface area contributed by atoms with Gasteiger partial charge in [-0.15, -0.1) is 0 Å². The Balaban J connectivity index is 2.13. The minimum atomic E-state index is -0.568. The number of hydrogen-bond donors (Lipinski definition) is 2. The van der Waals surface area contributed by atoms with Crippen LogP contribution in [0.25, 0.3) is 11.1 Å². The van der Waals surface area contributed by atoms with E-state index < -0.39 is 6.10 Å². The van der Waals surface area contributed by atoms with Gasteiger partial charge in [0.1, 0.15) is 0 Å². The Morgan fingerprint density at radius 2 is 2.05 bits per heavy atom. The van der Waals surface area contributed by atoms with E-state index in [0.717, 1.165) is 40.8 Å². The first-order chi connectivity index (χ1) is 10.6. The van der Waals surface area contributed by atoms with Crippen LogP contribution >= 0.6 is 0 Å². The van der Waals surface area contributed by atoms with E-state index in [1.54, 1.807) is 13.2 Å². The number of hydrogen-bond acceptors (Lipinski definition) is 4. The highest BCUT2D eigenvalue weighted by atomic mass is 16.5. The van der Waals surface area contributed by atoms with Crippen LogP contribution in [0.4, 0.5) is 0 Å². The largest absolute Gasteiger partial charge is 0.504 e. The Labute approximate surface area is 129 Å². The number of methoxy groups -OCH3 is 1. The molecule has 22 heavy (non-hydrogen) atoms. The summed E-state index contributed by atoms with van der Waals surface area (Å²) in [4.78, 5) is 2.18. The summed E-state index contributed by atoms with van der Waals surface area (Å²) in [5.74, 6) is 0.671. The second kappa shape index (κ2) is 4.73. The molecule has 1 aliphatic carbocycles. The summed E-state index contributed by atoms with van der Waals surface area (Å²) in [5, 5.41) is 21.2. The average molecular weight is 297 g/mol. The maximum Gasteiger partial charge on any atom is 0.168 e. The Morgan fingerprint density at radius 1 is 1.27 bits per heavy atom. The Bertz CT molecular complexity index is 756. The number of aliphatic hydroxyl groups excluding tert-OH is 1. The van der Waals surface area contributed by atoms with Gasteiger partial charge >= 0.3 is 0 Å². The summed E-state index contributed by atoms with van der Waals surface area (Å²) >= 11 is 0. The lowest BCUT2D eigenvalue weighted by Crippen LogP contribution is -2.38. The molecule has 2 aromatic rings. The number of phenols is 1. The number of likely N-dealkylation sites (N-methyl/N-ethyl adjacent to an activating group) is 1. The van der Waals surface area contributed by atoms with Gasteiger partial charge in [0.05, 0.1) is 19.3 Å². The van der Waals surface area contributed by atoms with Gasteiger partial charge in [0.25, 0.3) is 0 Å². The Morgan fingerprint density at radius 3 is 2.82 bits per heavy atom. The van der Waals surface area contributed by atoms with Gasteiger partial charge in [-0.05, 0) is 41.8 Å². The van der Waals surface area contributed by atoms with Crippen molar-refractivity contribution in [3.8, 4) is 22.6 Å². The van der Waals surface area contributed by atoms with Crippen molar-refractivity contribution in [2.75, 3.05) is 20.7 Å². The van der Waals surface area contributed by atoms with Crippen LogP contribution in [0.15, 0.2) is 30.3 Å². The SMILES string of the molecule is COc1c(O)cc2c3c1-c1ccccc1C(O)C3N(C)CC2. The van der Waals surface area contributed by atoms with Crippen molar-refractivity contribution in [1.29, 1.82) is 0 Å². The van der Waals surface area contributed by atoms with Gasteiger partial charge in [0.15, 0.2) is 11.5 Å². The maximum atomic E-state index is 10.9. The highest BCUT2D eigenvalue weighted by Crippen LogP contribution is 2.55. The molecule has 1 heterocycles. The molecule has 2 aromatic carbocycles. The number of fused-ring (bicyclic) bond motifs is 2. The zero-order valence-electron chi connectivity index (χ0n) is 12.7. The van der Waals surface area contributed by atoms with Crippen LogP contribution in [0.3, 0.4) is 0 Å². The predicted octanol–water partition coefficient (Wildman–Crippen LogP) is 2.64. The summed E-state index contributed by atoms with van der Waals surface area (Å²) in [6, 6.07) is 9.52. The minimum Gasteiger partial charge on any atom is -0.504 e.